The van der Waals surface area contributed by atoms with Crippen molar-refractivity contribution in [3.63, 3.8) is 0 Å². The highest BCUT2D eigenvalue weighted by atomic mass is 32.1. The number of aryl methyl sites for hydroxylation is 1. The van der Waals surface area contributed by atoms with E-state index < -0.39 is 0 Å². The summed E-state index contributed by atoms with van der Waals surface area (Å²) in [6, 6.07) is 13.1. The third-order valence-electron chi connectivity index (χ3n) is 5.71. The molecule has 1 aliphatic heterocycles. The monoisotopic (exact) mass is 467 g/mol. The fraction of sp³-hybridized carbons (Fsp3) is 0.360. The van der Waals surface area contributed by atoms with E-state index in [-0.39, 0.29) is 31.1 Å². The van der Waals surface area contributed by atoms with E-state index in [1.807, 2.05) is 43.0 Å². The van der Waals surface area contributed by atoms with Crippen molar-refractivity contribution in [2.75, 3.05) is 26.2 Å². The second-order valence-electron chi connectivity index (χ2n) is 8.05. The number of ether oxygens (including phenoxy) is 1. The molecular weight excluding hydrogens is 438 g/mol. The van der Waals surface area contributed by atoms with Gasteiger partial charge in [-0.3, -0.25) is 4.79 Å². The van der Waals surface area contributed by atoms with Gasteiger partial charge in [-0.05, 0) is 61.5 Å². The van der Waals surface area contributed by atoms with E-state index in [9.17, 15) is 9.59 Å². The first-order chi connectivity index (χ1) is 16.0. The smallest absolute Gasteiger partial charge is 0.318 e. The van der Waals surface area contributed by atoms with Gasteiger partial charge < -0.3 is 24.3 Å². The van der Waals surface area contributed by atoms with Gasteiger partial charge in [0, 0.05) is 18.0 Å². The number of nitrogens with one attached hydrogen (secondary N) is 1. The molecular formula is C25H29N3O4S. The van der Waals surface area contributed by atoms with Crippen LogP contribution in [-0.2, 0) is 17.8 Å². The van der Waals surface area contributed by atoms with Gasteiger partial charge in [0.1, 0.15) is 24.7 Å². The zero-order valence-corrected chi connectivity index (χ0v) is 19.8. The van der Waals surface area contributed by atoms with Crippen molar-refractivity contribution < 1.29 is 18.7 Å². The number of furan rings is 1. The minimum absolute atomic E-state index is 0.0347. The average Bonchev–Trinajstić information content (AvgIpc) is 3.50. The summed E-state index contributed by atoms with van der Waals surface area (Å²) in [4.78, 5) is 30.7. The number of carbonyl (C=O) groups excluding carboxylic acids is 2. The summed E-state index contributed by atoms with van der Waals surface area (Å²) < 4.78 is 11.5. The predicted octanol–water partition coefficient (Wildman–Crippen LogP) is 4.39. The van der Waals surface area contributed by atoms with Gasteiger partial charge in [0.25, 0.3) is 0 Å². The highest BCUT2D eigenvalue weighted by Gasteiger charge is 2.33. The Morgan fingerprint density at radius 1 is 1.24 bits per heavy atom. The lowest BCUT2D eigenvalue weighted by Crippen LogP contribution is -2.49. The molecule has 0 fully saturated rings. The molecule has 2 aromatic heterocycles. The van der Waals surface area contributed by atoms with Crippen molar-refractivity contribution in [3.8, 4) is 5.75 Å². The van der Waals surface area contributed by atoms with Crippen LogP contribution in [0.1, 0.15) is 34.7 Å². The van der Waals surface area contributed by atoms with Gasteiger partial charge in [-0.1, -0.05) is 17.7 Å². The minimum atomic E-state index is -0.289. The van der Waals surface area contributed by atoms with Crippen LogP contribution in [-0.4, -0.2) is 48.0 Å². The lowest BCUT2D eigenvalue weighted by Gasteiger charge is -2.37. The predicted molar refractivity (Wildman–Crippen MR) is 127 cm³/mol. The Hall–Kier alpha value is -3.26. The molecule has 0 radical (unpaired) electrons. The van der Waals surface area contributed by atoms with Gasteiger partial charge in [0.2, 0.25) is 5.91 Å². The number of nitrogens with zero attached hydrogens (tertiary/aromatic N) is 2. The van der Waals surface area contributed by atoms with E-state index in [0.717, 1.165) is 17.7 Å². The molecule has 8 heteroatoms. The number of hydrogen-bond donors (Lipinski definition) is 1. The SMILES string of the molecule is CCNC(=O)N(CC(=O)N1CCc2sccc2[C@H]1COc1ccc(C)cc1)Cc1ccco1. The number of rotatable bonds is 8. The molecule has 0 unspecified atom stereocenters. The van der Waals surface area contributed by atoms with Gasteiger partial charge in [0.15, 0.2) is 0 Å². The van der Waals surface area contributed by atoms with E-state index in [0.29, 0.717) is 25.5 Å². The van der Waals surface area contributed by atoms with Crippen molar-refractivity contribution in [1.29, 1.82) is 0 Å². The number of hydrogen-bond acceptors (Lipinski definition) is 5. The summed E-state index contributed by atoms with van der Waals surface area (Å²) in [5, 5.41) is 4.86. The summed E-state index contributed by atoms with van der Waals surface area (Å²) in [5.74, 6) is 1.30. The topological polar surface area (TPSA) is 75.0 Å². The molecule has 1 aromatic carbocycles. The molecule has 1 aliphatic rings. The maximum absolute atomic E-state index is 13.5. The molecule has 0 saturated carbocycles. The Bertz CT molecular complexity index is 1060. The summed E-state index contributed by atoms with van der Waals surface area (Å²) in [7, 11) is 0. The fourth-order valence-electron chi connectivity index (χ4n) is 3.99. The normalized spacial score (nSPS) is 15.1. The van der Waals surface area contributed by atoms with E-state index in [1.165, 1.54) is 15.3 Å². The molecule has 4 rings (SSSR count). The van der Waals surface area contributed by atoms with E-state index >= 15 is 0 Å². The van der Waals surface area contributed by atoms with Crippen molar-refractivity contribution in [2.45, 2.75) is 32.9 Å². The maximum Gasteiger partial charge on any atom is 0.318 e. The van der Waals surface area contributed by atoms with Gasteiger partial charge in [-0.25, -0.2) is 4.79 Å². The quantitative estimate of drug-likeness (QED) is 0.533. The number of amides is 3. The Labute approximate surface area is 197 Å². The summed E-state index contributed by atoms with van der Waals surface area (Å²) in [5.41, 5.74) is 2.29. The number of fused-ring (bicyclic) bond motifs is 1. The first-order valence-electron chi connectivity index (χ1n) is 11.2. The minimum Gasteiger partial charge on any atom is -0.491 e. The van der Waals surface area contributed by atoms with Crippen LogP contribution in [0.2, 0.25) is 0 Å². The van der Waals surface area contributed by atoms with Gasteiger partial charge >= 0.3 is 6.03 Å². The number of carbonyl (C=O) groups is 2. The summed E-state index contributed by atoms with van der Waals surface area (Å²) >= 11 is 1.71. The lowest BCUT2D eigenvalue weighted by molar-refractivity contribution is -0.135. The third-order valence-corrected chi connectivity index (χ3v) is 6.71. The van der Waals surface area contributed by atoms with Crippen molar-refractivity contribution in [1.82, 2.24) is 15.1 Å². The van der Waals surface area contributed by atoms with Crippen LogP contribution in [0, 0.1) is 6.92 Å². The second kappa shape index (κ2) is 10.6. The van der Waals surface area contributed by atoms with Gasteiger partial charge in [-0.2, -0.15) is 0 Å². The molecule has 3 aromatic rings. The first kappa shape index (κ1) is 22.9. The summed E-state index contributed by atoms with van der Waals surface area (Å²) in [6.45, 7) is 5.52. The highest BCUT2D eigenvalue weighted by Crippen LogP contribution is 2.34. The van der Waals surface area contributed by atoms with Crippen LogP contribution in [0.5, 0.6) is 5.75 Å². The summed E-state index contributed by atoms with van der Waals surface area (Å²) in [6.07, 6.45) is 2.37. The van der Waals surface area contributed by atoms with Gasteiger partial charge in [-0.15, -0.1) is 11.3 Å². The zero-order valence-electron chi connectivity index (χ0n) is 19.0. The Morgan fingerprint density at radius 3 is 2.79 bits per heavy atom. The molecule has 7 nitrogen and oxygen atoms in total. The van der Waals surface area contributed by atoms with E-state index in [4.69, 9.17) is 9.15 Å². The van der Waals surface area contributed by atoms with Crippen LogP contribution in [0.15, 0.2) is 58.5 Å². The molecule has 0 spiro atoms. The van der Waals surface area contributed by atoms with Crippen LogP contribution in [0.3, 0.4) is 0 Å². The fourth-order valence-corrected chi connectivity index (χ4v) is 4.92. The Kier molecular flexibility index (Phi) is 7.34. The van der Waals surface area contributed by atoms with Crippen molar-refractivity contribution in [2.24, 2.45) is 0 Å². The highest BCUT2D eigenvalue weighted by molar-refractivity contribution is 7.10. The molecule has 0 bridgehead atoms. The molecule has 0 saturated heterocycles. The molecule has 33 heavy (non-hydrogen) atoms. The number of urea groups is 1. The van der Waals surface area contributed by atoms with Crippen molar-refractivity contribution >= 4 is 23.3 Å². The Balaban J connectivity index is 1.50. The Morgan fingerprint density at radius 2 is 2.06 bits per heavy atom. The largest absolute Gasteiger partial charge is 0.491 e. The number of thiophene rings is 1. The third kappa shape index (κ3) is 5.57. The van der Waals surface area contributed by atoms with E-state index in [1.54, 1.807) is 29.7 Å². The average molecular weight is 468 g/mol. The lowest BCUT2D eigenvalue weighted by atomic mass is 10.0. The molecule has 3 amide bonds. The van der Waals surface area contributed by atoms with Crippen LogP contribution < -0.4 is 10.1 Å². The van der Waals surface area contributed by atoms with Crippen molar-refractivity contribution in [3.05, 3.63) is 75.9 Å². The number of benzene rings is 1. The van der Waals surface area contributed by atoms with E-state index in [2.05, 4.69) is 16.8 Å². The molecule has 1 N–H and O–H groups in total. The molecule has 174 valence electrons. The van der Waals surface area contributed by atoms with Gasteiger partial charge in [0.05, 0.1) is 18.8 Å². The van der Waals surface area contributed by atoms with Crippen LogP contribution >= 0.6 is 11.3 Å². The second-order valence-corrected chi connectivity index (χ2v) is 9.05. The molecule has 3 heterocycles. The van der Waals surface area contributed by atoms with Crippen LogP contribution in [0.25, 0.3) is 0 Å². The molecule has 0 aliphatic carbocycles. The van der Waals surface area contributed by atoms with Crippen LogP contribution in [0.4, 0.5) is 4.79 Å². The molecule has 1 atom stereocenters. The zero-order chi connectivity index (χ0) is 23.2. The maximum atomic E-state index is 13.5. The first-order valence-corrected chi connectivity index (χ1v) is 12.0. The standard InChI is InChI=1S/C25H29N3O4S/c1-3-26-25(30)27(15-20-5-4-13-31-20)16-24(29)28-12-10-23-21(11-14-33-23)22(28)17-32-19-8-6-18(2)7-9-19/h4-9,11,13-14,22H,3,10,12,15-17H2,1-2H3,(H,26,30)/t22-/m1/s1.